The van der Waals surface area contributed by atoms with Crippen LogP contribution in [0.5, 0.6) is 5.75 Å². The number of nitrogen functional groups attached to an aromatic ring is 1. The number of anilines is 2. The summed E-state index contributed by atoms with van der Waals surface area (Å²) in [6.07, 6.45) is -8.15. The summed E-state index contributed by atoms with van der Waals surface area (Å²) in [5.74, 6) is -2.35. The number of alkyl halides is 6. The second kappa shape index (κ2) is 10.6. The van der Waals surface area contributed by atoms with E-state index < -0.39 is 51.9 Å². The second-order valence-corrected chi connectivity index (χ2v) is 12.0. The van der Waals surface area contributed by atoms with E-state index in [9.17, 15) is 39.9 Å². The van der Waals surface area contributed by atoms with Gasteiger partial charge in [0.1, 0.15) is 16.5 Å². The summed E-state index contributed by atoms with van der Waals surface area (Å²) in [6, 6.07) is 4.43. The van der Waals surface area contributed by atoms with Gasteiger partial charge in [-0.2, -0.15) is 13.2 Å². The number of fused-ring (bicyclic) bond motifs is 7. The number of aromatic nitrogens is 3. The van der Waals surface area contributed by atoms with Crippen molar-refractivity contribution in [3.8, 4) is 17.3 Å². The predicted octanol–water partition coefficient (Wildman–Crippen LogP) is 5.13. The summed E-state index contributed by atoms with van der Waals surface area (Å²) in [7, 11) is -4.44. The van der Waals surface area contributed by atoms with Gasteiger partial charge in [0.2, 0.25) is 15.4 Å². The lowest BCUT2D eigenvalue weighted by Gasteiger charge is -2.29. The van der Waals surface area contributed by atoms with Gasteiger partial charge in [0.15, 0.2) is 5.69 Å². The quantitative estimate of drug-likeness (QED) is 0.378. The van der Waals surface area contributed by atoms with Gasteiger partial charge >= 0.3 is 12.5 Å². The van der Waals surface area contributed by atoms with Crippen LogP contribution in [-0.4, -0.2) is 53.8 Å². The van der Waals surface area contributed by atoms with Crippen molar-refractivity contribution < 1.29 is 49.0 Å². The first-order chi connectivity index (χ1) is 19.6. The van der Waals surface area contributed by atoms with Crippen LogP contribution < -0.4 is 15.4 Å². The SMILES string of the molecule is Nc1cc(S(=O)(=O)c2ccc(OC(F)(F)F)cc2)c2nc1-c1nnc(o1)C(O)(C(F)(F)F)CCCCC[C@@H]1CCCN21. The van der Waals surface area contributed by atoms with E-state index in [2.05, 4.69) is 19.9 Å². The van der Waals surface area contributed by atoms with E-state index in [4.69, 9.17) is 10.2 Å². The fourth-order valence-corrected chi connectivity index (χ4v) is 6.66. The van der Waals surface area contributed by atoms with E-state index in [0.717, 1.165) is 30.3 Å². The average molecular weight is 622 g/mol. The molecule has 0 saturated carbocycles. The molecule has 2 aliphatic heterocycles. The Morgan fingerprint density at radius 3 is 2.38 bits per heavy atom. The van der Waals surface area contributed by atoms with Gasteiger partial charge in [-0.3, -0.25) is 0 Å². The van der Waals surface area contributed by atoms with Gasteiger partial charge in [-0.25, -0.2) is 13.4 Å². The molecule has 1 unspecified atom stereocenters. The Bertz CT molecular complexity index is 1560. The fraction of sp³-hybridized carbons (Fsp3) is 0.480. The Morgan fingerprint density at radius 2 is 1.71 bits per heavy atom. The summed E-state index contributed by atoms with van der Waals surface area (Å²) in [5, 5.41) is 17.7. The van der Waals surface area contributed by atoms with Crippen molar-refractivity contribution in [1.29, 1.82) is 0 Å². The first kappa shape index (κ1) is 29.9. The van der Waals surface area contributed by atoms with Gasteiger partial charge in [-0.1, -0.05) is 12.8 Å². The van der Waals surface area contributed by atoms with Crippen LogP contribution in [0.25, 0.3) is 11.6 Å². The molecule has 2 atom stereocenters. The van der Waals surface area contributed by atoms with Crippen molar-refractivity contribution in [2.75, 3.05) is 17.2 Å². The minimum absolute atomic E-state index is 0.000193. The zero-order valence-electron chi connectivity index (χ0n) is 21.7. The lowest BCUT2D eigenvalue weighted by Crippen LogP contribution is -2.42. The zero-order valence-corrected chi connectivity index (χ0v) is 22.6. The highest BCUT2D eigenvalue weighted by atomic mass is 32.2. The van der Waals surface area contributed by atoms with Crippen LogP contribution >= 0.6 is 0 Å². The third-order valence-electron chi connectivity index (χ3n) is 7.33. The Kier molecular flexibility index (Phi) is 7.53. The molecule has 0 radical (unpaired) electrons. The topological polar surface area (TPSA) is 145 Å². The number of pyridine rings is 1. The predicted molar refractivity (Wildman–Crippen MR) is 134 cm³/mol. The molecular formula is C25H25F6N5O5S. The Morgan fingerprint density at radius 1 is 1.02 bits per heavy atom. The molecule has 228 valence electrons. The van der Waals surface area contributed by atoms with E-state index in [1.807, 2.05) is 0 Å². The number of ether oxygens (including phenoxy) is 1. The van der Waals surface area contributed by atoms with Gasteiger partial charge in [0, 0.05) is 12.6 Å². The van der Waals surface area contributed by atoms with Crippen LogP contribution in [0.1, 0.15) is 50.8 Å². The largest absolute Gasteiger partial charge is 0.573 e. The number of benzene rings is 1. The van der Waals surface area contributed by atoms with Crippen molar-refractivity contribution in [1.82, 2.24) is 15.2 Å². The Hall–Kier alpha value is -3.60. The standard InChI is InChI=1S/C25H25F6N5O5S/c26-24(27,28)23(37)11-3-1-2-5-14-6-4-12-36(14)20-18(13-17(32)19(33-20)21-34-35-22(23)40-21)42(38,39)16-9-7-15(8-10-16)41-25(29,30)31/h7-10,13-14,37H,1-6,11-12,32H2/t14-,23?/m1/s1. The van der Waals surface area contributed by atoms with Crippen molar-refractivity contribution in [3.05, 3.63) is 36.2 Å². The van der Waals surface area contributed by atoms with Crippen LogP contribution in [-0.2, 0) is 15.4 Å². The number of nitrogens with two attached hydrogens (primary N) is 1. The highest BCUT2D eigenvalue weighted by Gasteiger charge is 2.58. The number of aliphatic hydroxyl groups is 1. The lowest BCUT2D eigenvalue weighted by atomic mass is 9.94. The van der Waals surface area contributed by atoms with Gasteiger partial charge in [-0.05, 0) is 62.4 Å². The number of rotatable bonds is 3. The van der Waals surface area contributed by atoms with Crippen LogP contribution in [0.2, 0.25) is 0 Å². The maximum Gasteiger partial charge on any atom is 0.573 e. The van der Waals surface area contributed by atoms with Crippen molar-refractivity contribution in [2.45, 2.75) is 78.9 Å². The molecule has 3 aromatic rings. The fourth-order valence-electron chi connectivity index (χ4n) is 5.23. The molecule has 4 bridgehead atoms. The molecule has 42 heavy (non-hydrogen) atoms. The minimum Gasteiger partial charge on any atom is -0.416 e. The molecule has 1 fully saturated rings. The zero-order chi connectivity index (χ0) is 30.5. The molecule has 1 saturated heterocycles. The third kappa shape index (κ3) is 5.58. The van der Waals surface area contributed by atoms with Crippen molar-refractivity contribution in [3.63, 3.8) is 0 Å². The van der Waals surface area contributed by atoms with Crippen molar-refractivity contribution >= 4 is 21.3 Å². The number of nitrogens with zero attached hydrogens (tertiary/aromatic N) is 4. The maximum atomic E-state index is 13.9. The highest BCUT2D eigenvalue weighted by molar-refractivity contribution is 7.91. The summed E-state index contributed by atoms with van der Waals surface area (Å²) in [6.45, 7) is 0.408. The number of hydrogen-bond donors (Lipinski definition) is 2. The summed E-state index contributed by atoms with van der Waals surface area (Å²) < 4.78 is 116. The molecule has 4 heterocycles. The smallest absolute Gasteiger partial charge is 0.416 e. The molecule has 0 spiro atoms. The van der Waals surface area contributed by atoms with Crippen LogP contribution in [0, 0.1) is 0 Å². The van der Waals surface area contributed by atoms with E-state index in [0.29, 0.717) is 38.6 Å². The van der Waals surface area contributed by atoms with Gasteiger partial charge in [0.05, 0.1) is 10.6 Å². The van der Waals surface area contributed by atoms with Crippen molar-refractivity contribution in [2.24, 2.45) is 0 Å². The van der Waals surface area contributed by atoms with Crippen LogP contribution in [0.15, 0.2) is 44.5 Å². The molecular weight excluding hydrogens is 596 g/mol. The first-order valence-corrected chi connectivity index (χ1v) is 14.4. The van der Waals surface area contributed by atoms with Gasteiger partial charge in [-0.15, -0.1) is 23.4 Å². The van der Waals surface area contributed by atoms with E-state index in [1.165, 1.54) is 0 Å². The van der Waals surface area contributed by atoms with Crippen LogP contribution in [0.3, 0.4) is 0 Å². The molecule has 0 aliphatic carbocycles. The molecule has 10 nitrogen and oxygen atoms in total. The number of halogens is 6. The normalized spacial score (nSPS) is 22.0. The molecule has 0 amide bonds. The molecule has 3 N–H and O–H groups in total. The second-order valence-electron chi connectivity index (χ2n) is 10.1. The summed E-state index contributed by atoms with van der Waals surface area (Å²) in [5.41, 5.74) is 2.10. The summed E-state index contributed by atoms with van der Waals surface area (Å²) in [4.78, 5) is 5.45. The first-order valence-electron chi connectivity index (χ1n) is 12.9. The van der Waals surface area contributed by atoms with Crippen LogP contribution in [0.4, 0.5) is 37.8 Å². The Labute approximate surface area is 235 Å². The molecule has 5 rings (SSSR count). The minimum atomic E-state index is -5.13. The highest BCUT2D eigenvalue weighted by Crippen LogP contribution is 2.44. The monoisotopic (exact) mass is 621 g/mol. The maximum absolute atomic E-state index is 13.9. The lowest BCUT2D eigenvalue weighted by molar-refractivity contribution is -0.277. The van der Waals surface area contributed by atoms with E-state index >= 15 is 0 Å². The molecule has 2 aliphatic rings. The third-order valence-corrected chi connectivity index (χ3v) is 9.10. The van der Waals surface area contributed by atoms with E-state index in [-0.39, 0.29) is 39.5 Å². The number of hydrogen-bond acceptors (Lipinski definition) is 10. The number of sulfone groups is 1. The molecule has 2 aromatic heterocycles. The molecule has 1 aromatic carbocycles. The Balaban J connectivity index is 1.65. The molecule has 17 heteroatoms. The average Bonchev–Trinajstić information content (AvgIpc) is 3.57. The van der Waals surface area contributed by atoms with E-state index in [1.54, 1.807) is 4.90 Å². The van der Waals surface area contributed by atoms with Gasteiger partial charge < -0.3 is 24.9 Å². The van der Waals surface area contributed by atoms with Gasteiger partial charge in [0.25, 0.3) is 11.8 Å². The summed E-state index contributed by atoms with van der Waals surface area (Å²) >= 11 is 0.